The van der Waals surface area contributed by atoms with Gasteiger partial charge in [0, 0.05) is 25.2 Å². The van der Waals surface area contributed by atoms with Crippen molar-refractivity contribution < 1.29 is 4.39 Å². The average molecular weight is 405 g/mol. The second-order valence-electron chi connectivity index (χ2n) is 6.79. The van der Waals surface area contributed by atoms with Crippen molar-refractivity contribution in [3.05, 3.63) is 96.1 Å². The lowest BCUT2D eigenvalue weighted by Gasteiger charge is -2.26. The van der Waals surface area contributed by atoms with E-state index < -0.39 is 0 Å². The number of hydrogen-bond donors (Lipinski definition) is 2. The molecule has 29 heavy (non-hydrogen) atoms. The predicted octanol–water partition coefficient (Wildman–Crippen LogP) is 5.14. The quantitative estimate of drug-likeness (QED) is 0.437. The van der Waals surface area contributed by atoms with E-state index in [9.17, 15) is 4.39 Å². The van der Waals surface area contributed by atoms with E-state index in [4.69, 9.17) is 12.2 Å². The molecule has 0 bridgehead atoms. The monoisotopic (exact) mass is 404 g/mol. The van der Waals surface area contributed by atoms with Gasteiger partial charge in [0.15, 0.2) is 5.11 Å². The molecule has 4 rings (SSSR count). The van der Waals surface area contributed by atoms with E-state index in [0.29, 0.717) is 18.2 Å². The highest BCUT2D eigenvalue weighted by Gasteiger charge is 2.13. The molecule has 4 nitrogen and oxygen atoms in total. The number of halogens is 1. The molecule has 1 aromatic heterocycles. The summed E-state index contributed by atoms with van der Waals surface area (Å²) in [5.74, 6) is 0.654. The number of thiocarbonyl (C=S) groups is 1. The van der Waals surface area contributed by atoms with Crippen LogP contribution in [-0.4, -0.2) is 26.5 Å². The Balaban J connectivity index is 1.49. The zero-order valence-corrected chi connectivity index (χ0v) is 16.6. The van der Waals surface area contributed by atoms with Gasteiger partial charge in [0.2, 0.25) is 0 Å². The van der Waals surface area contributed by atoms with Gasteiger partial charge in [0.1, 0.15) is 11.6 Å². The van der Waals surface area contributed by atoms with Crippen LogP contribution < -0.4 is 5.32 Å². The van der Waals surface area contributed by atoms with E-state index in [0.717, 1.165) is 29.0 Å². The van der Waals surface area contributed by atoms with Crippen LogP contribution in [0.1, 0.15) is 11.4 Å². The molecule has 0 unspecified atom stereocenters. The molecule has 0 saturated heterocycles. The van der Waals surface area contributed by atoms with Crippen molar-refractivity contribution >= 4 is 34.1 Å². The number of fused-ring (bicyclic) bond motifs is 1. The zero-order valence-electron chi connectivity index (χ0n) is 15.8. The van der Waals surface area contributed by atoms with E-state index in [1.165, 1.54) is 17.7 Å². The summed E-state index contributed by atoms with van der Waals surface area (Å²) in [6.07, 6.45) is 0.729. The first kappa shape index (κ1) is 19.1. The Morgan fingerprint density at radius 2 is 1.69 bits per heavy atom. The molecule has 0 aliphatic heterocycles. The third-order valence-electron chi connectivity index (χ3n) is 4.66. The maximum atomic E-state index is 13.2. The summed E-state index contributed by atoms with van der Waals surface area (Å²) in [5.41, 5.74) is 3.92. The molecule has 0 saturated carbocycles. The van der Waals surface area contributed by atoms with Gasteiger partial charge < -0.3 is 15.2 Å². The standard InChI is InChI=1S/C23H21FN4S/c24-18-10-12-19(13-11-18)25-23(29)28(16-17-6-2-1-3-7-17)15-14-22-26-20-8-4-5-9-21(20)27-22/h1-13H,14-16H2,(H,25,29)(H,26,27). The predicted molar refractivity (Wildman–Crippen MR) is 119 cm³/mol. The molecule has 2 N–H and O–H groups in total. The molecule has 0 atom stereocenters. The number of imidazole rings is 1. The zero-order chi connectivity index (χ0) is 20.1. The summed E-state index contributed by atoms with van der Waals surface area (Å²) >= 11 is 5.66. The van der Waals surface area contributed by atoms with Gasteiger partial charge in [-0.15, -0.1) is 0 Å². The van der Waals surface area contributed by atoms with E-state index >= 15 is 0 Å². The Morgan fingerprint density at radius 3 is 2.45 bits per heavy atom. The number of para-hydroxylation sites is 2. The molecule has 0 radical (unpaired) electrons. The van der Waals surface area contributed by atoms with Crippen molar-refractivity contribution in [2.45, 2.75) is 13.0 Å². The highest BCUT2D eigenvalue weighted by Crippen LogP contribution is 2.14. The van der Waals surface area contributed by atoms with Gasteiger partial charge in [0.05, 0.1) is 11.0 Å². The fraction of sp³-hybridized carbons (Fsp3) is 0.130. The molecule has 0 aliphatic rings. The minimum Gasteiger partial charge on any atom is -0.344 e. The Hall–Kier alpha value is -3.25. The highest BCUT2D eigenvalue weighted by molar-refractivity contribution is 7.80. The van der Waals surface area contributed by atoms with Gasteiger partial charge in [-0.2, -0.15) is 0 Å². The number of rotatable bonds is 6. The fourth-order valence-electron chi connectivity index (χ4n) is 3.16. The number of nitrogens with zero attached hydrogens (tertiary/aromatic N) is 2. The van der Waals surface area contributed by atoms with Crippen molar-refractivity contribution in [1.29, 1.82) is 0 Å². The minimum atomic E-state index is -0.271. The van der Waals surface area contributed by atoms with Crippen LogP contribution in [0.4, 0.5) is 10.1 Å². The van der Waals surface area contributed by atoms with Crippen molar-refractivity contribution in [3.8, 4) is 0 Å². The van der Waals surface area contributed by atoms with Crippen molar-refractivity contribution in [3.63, 3.8) is 0 Å². The second-order valence-corrected chi connectivity index (χ2v) is 7.18. The molecule has 146 valence electrons. The van der Waals surface area contributed by atoms with E-state index in [1.807, 2.05) is 42.5 Å². The lowest BCUT2D eigenvalue weighted by Crippen LogP contribution is -2.36. The first-order chi connectivity index (χ1) is 14.2. The van der Waals surface area contributed by atoms with E-state index in [2.05, 4.69) is 32.3 Å². The molecule has 0 spiro atoms. The molecule has 1 heterocycles. The summed E-state index contributed by atoms with van der Waals surface area (Å²) in [6, 6.07) is 24.4. The Labute approximate surface area is 174 Å². The minimum absolute atomic E-state index is 0.271. The molecule has 0 fully saturated rings. The third-order valence-corrected chi connectivity index (χ3v) is 5.02. The molecular formula is C23H21FN4S. The summed E-state index contributed by atoms with van der Waals surface area (Å²) < 4.78 is 13.2. The molecule has 4 aromatic rings. The fourth-order valence-corrected chi connectivity index (χ4v) is 3.43. The molecule has 3 aromatic carbocycles. The van der Waals surface area contributed by atoms with Crippen molar-refractivity contribution in [2.24, 2.45) is 0 Å². The van der Waals surface area contributed by atoms with E-state index in [1.54, 1.807) is 12.1 Å². The molecule has 0 aliphatic carbocycles. The van der Waals surface area contributed by atoms with Crippen LogP contribution in [0.25, 0.3) is 11.0 Å². The van der Waals surface area contributed by atoms with Crippen LogP contribution in [0.5, 0.6) is 0 Å². The average Bonchev–Trinajstić information content (AvgIpc) is 3.16. The topological polar surface area (TPSA) is 44.0 Å². The van der Waals surface area contributed by atoms with Gasteiger partial charge in [-0.25, -0.2) is 9.37 Å². The lowest BCUT2D eigenvalue weighted by atomic mass is 10.2. The smallest absolute Gasteiger partial charge is 0.173 e. The Kier molecular flexibility index (Phi) is 5.81. The number of aromatic nitrogens is 2. The second kappa shape index (κ2) is 8.84. The number of benzene rings is 3. The Bertz CT molecular complexity index is 1060. The van der Waals surface area contributed by atoms with Gasteiger partial charge >= 0.3 is 0 Å². The molecule has 6 heteroatoms. The van der Waals surface area contributed by atoms with Gasteiger partial charge in [-0.05, 0) is 54.2 Å². The SMILES string of the molecule is Fc1ccc(NC(=S)N(CCc2nc3ccccc3[nH]2)Cc2ccccc2)cc1. The largest absolute Gasteiger partial charge is 0.344 e. The number of H-pyrrole nitrogens is 1. The van der Waals surface area contributed by atoms with Gasteiger partial charge in [0.25, 0.3) is 0 Å². The summed E-state index contributed by atoms with van der Waals surface area (Å²) in [4.78, 5) is 10.1. The van der Waals surface area contributed by atoms with Crippen LogP contribution in [0.3, 0.4) is 0 Å². The van der Waals surface area contributed by atoms with Crippen LogP contribution >= 0.6 is 12.2 Å². The van der Waals surface area contributed by atoms with Gasteiger partial charge in [-0.1, -0.05) is 42.5 Å². The number of hydrogen-bond acceptors (Lipinski definition) is 2. The van der Waals surface area contributed by atoms with Crippen LogP contribution in [0.15, 0.2) is 78.9 Å². The number of aromatic amines is 1. The van der Waals surface area contributed by atoms with Crippen LogP contribution in [0, 0.1) is 5.82 Å². The van der Waals surface area contributed by atoms with Crippen LogP contribution in [-0.2, 0) is 13.0 Å². The lowest BCUT2D eigenvalue weighted by molar-refractivity contribution is 0.419. The Morgan fingerprint density at radius 1 is 0.966 bits per heavy atom. The normalized spacial score (nSPS) is 10.8. The maximum absolute atomic E-state index is 13.2. The maximum Gasteiger partial charge on any atom is 0.173 e. The number of anilines is 1. The first-order valence-corrected chi connectivity index (χ1v) is 9.87. The highest BCUT2D eigenvalue weighted by atomic mass is 32.1. The third kappa shape index (κ3) is 4.97. The van der Waals surface area contributed by atoms with E-state index in [-0.39, 0.29) is 5.82 Å². The van der Waals surface area contributed by atoms with Crippen LogP contribution in [0.2, 0.25) is 0 Å². The van der Waals surface area contributed by atoms with Gasteiger partial charge in [-0.3, -0.25) is 0 Å². The summed E-state index contributed by atoms with van der Waals surface area (Å²) in [5, 5.41) is 3.81. The summed E-state index contributed by atoms with van der Waals surface area (Å²) in [6.45, 7) is 1.37. The molecular weight excluding hydrogens is 383 g/mol. The number of nitrogens with one attached hydrogen (secondary N) is 2. The van der Waals surface area contributed by atoms with Crippen molar-refractivity contribution in [2.75, 3.05) is 11.9 Å². The molecule has 0 amide bonds. The first-order valence-electron chi connectivity index (χ1n) is 9.46. The van der Waals surface area contributed by atoms with Crippen molar-refractivity contribution in [1.82, 2.24) is 14.9 Å². The summed E-state index contributed by atoms with van der Waals surface area (Å²) in [7, 11) is 0.